The second-order valence-electron chi connectivity index (χ2n) is 8.66. The molecular formula is C27H51N3O3. The molecule has 2 amide bonds. The van der Waals surface area contributed by atoms with Crippen LogP contribution in [0.1, 0.15) is 97.3 Å². The largest absolute Gasteiger partial charge is 0.396 e. The Labute approximate surface area is 203 Å². The molecule has 0 aliphatic heterocycles. The van der Waals surface area contributed by atoms with E-state index in [4.69, 9.17) is 5.11 Å². The maximum atomic E-state index is 11.9. The number of carbonyl (C=O) groups is 2. The summed E-state index contributed by atoms with van der Waals surface area (Å²) in [5.74, 6) is 0.292. The summed E-state index contributed by atoms with van der Waals surface area (Å²) >= 11 is 0. The maximum Gasteiger partial charge on any atom is 0.219 e. The van der Waals surface area contributed by atoms with Crippen LogP contribution >= 0.6 is 0 Å². The Bertz CT molecular complexity index is 479. The van der Waals surface area contributed by atoms with Crippen LogP contribution in [0.2, 0.25) is 0 Å². The van der Waals surface area contributed by atoms with Crippen molar-refractivity contribution < 1.29 is 14.7 Å². The van der Waals surface area contributed by atoms with Crippen LogP contribution in [0.4, 0.5) is 0 Å². The molecule has 0 aliphatic rings. The molecule has 0 radical (unpaired) electrons. The predicted molar refractivity (Wildman–Crippen MR) is 139 cm³/mol. The van der Waals surface area contributed by atoms with Crippen molar-refractivity contribution in [2.75, 3.05) is 39.3 Å². The smallest absolute Gasteiger partial charge is 0.219 e. The van der Waals surface area contributed by atoms with Gasteiger partial charge < -0.3 is 20.6 Å². The number of aliphatic hydroxyl groups is 1. The molecule has 0 fully saturated rings. The van der Waals surface area contributed by atoms with Gasteiger partial charge in [-0.05, 0) is 84.7 Å². The highest BCUT2D eigenvalue weighted by Gasteiger charge is 2.07. The number of hydrogen-bond donors (Lipinski definition) is 3. The van der Waals surface area contributed by atoms with Crippen molar-refractivity contribution in [3.05, 3.63) is 24.3 Å². The van der Waals surface area contributed by atoms with Gasteiger partial charge in [-0.15, -0.1) is 0 Å². The van der Waals surface area contributed by atoms with Crippen molar-refractivity contribution >= 4 is 11.8 Å². The fraction of sp³-hybridized carbons (Fsp3) is 0.778. The molecule has 192 valence electrons. The summed E-state index contributed by atoms with van der Waals surface area (Å²) in [6, 6.07) is 0. The molecule has 0 bridgehead atoms. The SMILES string of the molecule is C/C=C/CCCCCC(=O)NCCCN(CCCO)CCCNC(=O)CCCCC/C=C/C. The first-order chi connectivity index (χ1) is 16.1. The average molecular weight is 466 g/mol. The Kier molecular flexibility index (Phi) is 23.7. The molecule has 0 heterocycles. The molecule has 0 aromatic rings. The number of unbranched alkanes of at least 4 members (excludes halogenated alkanes) is 6. The molecule has 0 saturated carbocycles. The summed E-state index contributed by atoms with van der Waals surface area (Å²) < 4.78 is 0. The third-order valence-corrected chi connectivity index (χ3v) is 5.60. The zero-order valence-corrected chi connectivity index (χ0v) is 21.5. The molecule has 0 aromatic carbocycles. The highest BCUT2D eigenvalue weighted by atomic mass is 16.3. The summed E-state index contributed by atoms with van der Waals surface area (Å²) in [5.41, 5.74) is 0. The lowest BCUT2D eigenvalue weighted by Crippen LogP contribution is -2.33. The van der Waals surface area contributed by atoms with Crippen LogP contribution in [-0.2, 0) is 9.59 Å². The number of allylic oxidation sites excluding steroid dienone is 4. The molecule has 0 aliphatic carbocycles. The summed E-state index contributed by atoms with van der Waals surface area (Å²) in [5, 5.41) is 15.2. The second-order valence-corrected chi connectivity index (χ2v) is 8.66. The molecule has 3 N–H and O–H groups in total. The summed E-state index contributed by atoms with van der Waals surface area (Å²) in [4.78, 5) is 26.2. The normalized spacial score (nSPS) is 11.6. The van der Waals surface area contributed by atoms with E-state index in [0.717, 1.165) is 90.3 Å². The third kappa shape index (κ3) is 23.3. The van der Waals surface area contributed by atoms with Gasteiger partial charge in [0.2, 0.25) is 11.8 Å². The number of nitrogens with zero attached hydrogens (tertiary/aromatic N) is 1. The first kappa shape index (κ1) is 31.3. The molecule has 0 aromatic heterocycles. The van der Waals surface area contributed by atoms with Gasteiger partial charge in [0.05, 0.1) is 0 Å². The molecule has 0 rings (SSSR count). The lowest BCUT2D eigenvalue weighted by atomic mass is 10.1. The van der Waals surface area contributed by atoms with Crippen molar-refractivity contribution in [1.29, 1.82) is 0 Å². The Morgan fingerprint density at radius 3 is 1.55 bits per heavy atom. The minimum absolute atomic E-state index is 0.146. The Hall–Kier alpha value is -1.66. The molecule has 0 spiro atoms. The molecule has 6 nitrogen and oxygen atoms in total. The van der Waals surface area contributed by atoms with Crippen LogP contribution < -0.4 is 10.6 Å². The number of rotatable bonds is 23. The number of amides is 2. The van der Waals surface area contributed by atoms with E-state index in [9.17, 15) is 9.59 Å². The molecule has 33 heavy (non-hydrogen) atoms. The molecule has 0 atom stereocenters. The van der Waals surface area contributed by atoms with Crippen molar-refractivity contribution in [3.8, 4) is 0 Å². The van der Waals surface area contributed by atoms with Gasteiger partial charge in [0.25, 0.3) is 0 Å². The van der Waals surface area contributed by atoms with Gasteiger partial charge in [0.15, 0.2) is 0 Å². The summed E-state index contributed by atoms with van der Waals surface area (Å²) in [7, 11) is 0. The summed E-state index contributed by atoms with van der Waals surface area (Å²) in [6.07, 6.45) is 20.9. The van der Waals surface area contributed by atoms with Crippen LogP contribution in [0.5, 0.6) is 0 Å². The highest BCUT2D eigenvalue weighted by molar-refractivity contribution is 5.76. The van der Waals surface area contributed by atoms with Gasteiger partial charge in [0, 0.05) is 39.1 Å². The van der Waals surface area contributed by atoms with Crippen LogP contribution in [0.15, 0.2) is 24.3 Å². The molecule has 6 heteroatoms. The molecule has 0 saturated heterocycles. The van der Waals surface area contributed by atoms with Crippen molar-refractivity contribution in [2.45, 2.75) is 97.3 Å². The van der Waals surface area contributed by atoms with E-state index in [0.29, 0.717) is 25.9 Å². The van der Waals surface area contributed by atoms with E-state index < -0.39 is 0 Å². The van der Waals surface area contributed by atoms with E-state index in [1.54, 1.807) is 0 Å². The fourth-order valence-electron chi connectivity index (χ4n) is 3.65. The zero-order chi connectivity index (χ0) is 24.4. The van der Waals surface area contributed by atoms with E-state index >= 15 is 0 Å². The van der Waals surface area contributed by atoms with E-state index in [1.165, 1.54) is 0 Å². The first-order valence-corrected chi connectivity index (χ1v) is 13.2. The van der Waals surface area contributed by atoms with Gasteiger partial charge in [-0.2, -0.15) is 0 Å². The van der Waals surface area contributed by atoms with Crippen molar-refractivity contribution in [1.82, 2.24) is 15.5 Å². The van der Waals surface area contributed by atoms with E-state index in [1.807, 2.05) is 13.8 Å². The van der Waals surface area contributed by atoms with Crippen LogP contribution in [0.25, 0.3) is 0 Å². The quantitative estimate of drug-likeness (QED) is 0.150. The average Bonchev–Trinajstić information content (AvgIpc) is 2.81. The highest BCUT2D eigenvalue weighted by Crippen LogP contribution is 2.05. The van der Waals surface area contributed by atoms with Gasteiger partial charge in [0.1, 0.15) is 0 Å². The third-order valence-electron chi connectivity index (χ3n) is 5.60. The first-order valence-electron chi connectivity index (χ1n) is 13.2. The maximum absolute atomic E-state index is 11.9. The lowest BCUT2D eigenvalue weighted by Gasteiger charge is -2.22. The number of nitrogens with one attached hydrogen (secondary N) is 2. The topological polar surface area (TPSA) is 81.7 Å². The minimum Gasteiger partial charge on any atom is -0.396 e. The number of hydrogen-bond acceptors (Lipinski definition) is 4. The Morgan fingerprint density at radius 1 is 0.667 bits per heavy atom. The van der Waals surface area contributed by atoms with Crippen LogP contribution in [-0.4, -0.2) is 61.2 Å². The Morgan fingerprint density at radius 2 is 1.12 bits per heavy atom. The van der Waals surface area contributed by atoms with E-state index in [-0.39, 0.29) is 18.4 Å². The monoisotopic (exact) mass is 465 g/mol. The van der Waals surface area contributed by atoms with Crippen LogP contribution in [0, 0.1) is 0 Å². The predicted octanol–water partition coefficient (Wildman–Crippen LogP) is 4.74. The minimum atomic E-state index is 0.146. The molecular weight excluding hydrogens is 414 g/mol. The van der Waals surface area contributed by atoms with Gasteiger partial charge >= 0.3 is 0 Å². The van der Waals surface area contributed by atoms with E-state index in [2.05, 4.69) is 39.8 Å². The van der Waals surface area contributed by atoms with Crippen molar-refractivity contribution in [3.63, 3.8) is 0 Å². The summed E-state index contributed by atoms with van der Waals surface area (Å²) in [6.45, 7) is 8.27. The molecule has 0 unspecified atom stereocenters. The van der Waals surface area contributed by atoms with Gasteiger partial charge in [-0.25, -0.2) is 0 Å². The standard InChI is InChI=1S/C27H51N3O3/c1-3-5-7-9-11-13-18-26(32)28-20-15-22-30(24-17-25-31)23-16-21-29-27(33)19-14-12-10-8-6-4-2/h3-6,31H,7-25H2,1-2H3,(H,28,32)(H,29,33)/b5-3+,6-4+. The zero-order valence-electron chi connectivity index (χ0n) is 21.5. The van der Waals surface area contributed by atoms with Crippen molar-refractivity contribution in [2.24, 2.45) is 0 Å². The number of aliphatic hydroxyl groups excluding tert-OH is 1. The van der Waals surface area contributed by atoms with Gasteiger partial charge in [-0.1, -0.05) is 37.1 Å². The number of carbonyl (C=O) groups excluding carboxylic acids is 2. The van der Waals surface area contributed by atoms with Gasteiger partial charge in [-0.3, -0.25) is 9.59 Å². The lowest BCUT2D eigenvalue weighted by molar-refractivity contribution is -0.122. The fourth-order valence-corrected chi connectivity index (χ4v) is 3.65. The van der Waals surface area contributed by atoms with Crippen LogP contribution in [0.3, 0.4) is 0 Å². The second kappa shape index (κ2) is 25.0. The Balaban J connectivity index is 3.82.